The fraction of sp³-hybridized carbons (Fsp3) is 0.769. The van der Waals surface area contributed by atoms with Crippen LogP contribution in [0.2, 0.25) is 0 Å². The van der Waals surface area contributed by atoms with E-state index >= 15 is 0 Å². The quantitative estimate of drug-likeness (QED) is 0.626. The van der Waals surface area contributed by atoms with Crippen molar-refractivity contribution in [3.8, 4) is 0 Å². The molecule has 0 aliphatic carbocycles. The van der Waals surface area contributed by atoms with E-state index < -0.39 is 0 Å². The molecule has 0 radical (unpaired) electrons. The monoisotopic (exact) mass is 282 g/mol. The number of carbonyl (C=O) groups excluding carboxylic acids is 3. The predicted molar refractivity (Wildman–Crippen MR) is 72.9 cm³/mol. The number of rotatable bonds is 2. The molecule has 0 unspecified atom stereocenters. The third-order valence-electron chi connectivity index (χ3n) is 3.85. The Morgan fingerprint density at radius 3 is 1.75 bits per heavy atom. The Bertz CT molecular complexity index is 385. The summed E-state index contributed by atoms with van der Waals surface area (Å²) in [5.41, 5.74) is 0. The molecule has 1 N–H and O–H groups in total. The van der Waals surface area contributed by atoms with Crippen molar-refractivity contribution in [2.24, 2.45) is 0 Å². The van der Waals surface area contributed by atoms with Crippen LogP contribution in [0.15, 0.2) is 0 Å². The van der Waals surface area contributed by atoms with Crippen LogP contribution in [-0.4, -0.2) is 84.8 Å². The highest BCUT2D eigenvalue weighted by Crippen LogP contribution is 2.06. The van der Waals surface area contributed by atoms with Gasteiger partial charge < -0.3 is 20.0 Å². The number of nitrogens with zero attached hydrogens (tertiary/aromatic N) is 3. The van der Waals surface area contributed by atoms with Crippen LogP contribution < -0.4 is 5.32 Å². The lowest BCUT2D eigenvalue weighted by atomic mass is 10.2. The molecule has 0 aromatic carbocycles. The van der Waals surface area contributed by atoms with Crippen molar-refractivity contribution >= 4 is 17.7 Å². The van der Waals surface area contributed by atoms with E-state index in [1.54, 1.807) is 14.7 Å². The van der Waals surface area contributed by atoms with Gasteiger partial charge in [0.25, 0.3) is 0 Å². The predicted octanol–water partition coefficient (Wildman–Crippen LogP) is -1.50. The molecular formula is C13H22N4O3. The Balaban J connectivity index is 1.77. The summed E-state index contributed by atoms with van der Waals surface area (Å²) in [6, 6.07) is 0. The third-order valence-corrected chi connectivity index (χ3v) is 3.85. The lowest BCUT2D eigenvalue weighted by molar-refractivity contribution is -0.144. The first-order chi connectivity index (χ1) is 9.58. The Kier molecular flexibility index (Phi) is 4.94. The van der Waals surface area contributed by atoms with Gasteiger partial charge in [0.2, 0.25) is 17.7 Å². The van der Waals surface area contributed by atoms with Crippen molar-refractivity contribution in [1.82, 2.24) is 20.0 Å². The Morgan fingerprint density at radius 2 is 1.25 bits per heavy atom. The van der Waals surface area contributed by atoms with Gasteiger partial charge >= 0.3 is 0 Å². The van der Waals surface area contributed by atoms with Gasteiger partial charge in [-0.2, -0.15) is 0 Å². The number of carbonyl (C=O) groups is 3. The topological polar surface area (TPSA) is 73.0 Å². The van der Waals surface area contributed by atoms with Gasteiger partial charge in [-0.05, 0) is 0 Å². The van der Waals surface area contributed by atoms with Crippen LogP contribution in [0.5, 0.6) is 0 Å². The zero-order valence-electron chi connectivity index (χ0n) is 11.9. The summed E-state index contributed by atoms with van der Waals surface area (Å²) in [7, 11) is 0. The van der Waals surface area contributed by atoms with Crippen molar-refractivity contribution in [3.05, 3.63) is 0 Å². The van der Waals surface area contributed by atoms with Gasteiger partial charge in [0.15, 0.2) is 0 Å². The van der Waals surface area contributed by atoms with E-state index in [1.807, 2.05) is 0 Å². The summed E-state index contributed by atoms with van der Waals surface area (Å²) in [6.07, 6.45) is -0.0555. The molecule has 7 heteroatoms. The molecule has 20 heavy (non-hydrogen) atoms. The average molecular weight is 282 g/mol. The zero-order chi connectivity index (χ0) is 14.5. The molecule has 0 atom stereocenters. The molecule has 0 spiro atoms. The van der Waals surface area contributed by atoms with Crippen molar-refractivity contribution < 1.29 is 14.4 Å². The summed E-state index contributed by atoms with van der Waals surface area (Å²) in [6.45, 7) is 6.61. The molecule has 0 saturated carbocycles. The van der Waals surface area contributed by atoms with Gasteiger partial charge in [-0.15, -0.1) is 0 Å². The van der Waals surface area contributed by atoms with E-state index in [-0.39, 0.29) is 24.1 Å². The highest BCUT2D eigenvalue weighted by molar-refractivity contribution is 5.97. The number of nitrogens with one attached hydrogen (secondary N) is 1. The van der Waals surface area contributed by atoms with Crippen LogP contribution in [0.4, 0.5) is 0 Å². The van der Waals surface area contributed by atoms with Crippen molar-refractivity contribution in [2.75, 3.05) is 52.4 Å². The number of hydrogen-bond acceptors (Lipinski definition) is 4. The zero-order valence-corrected chi connectivity index (χ0v) is 11.9. The molecule has 3 amide bonds. The van der Waals surface area contributed by atoms with Gasteiger partial charge in [0.05, 0.1) is 0 Å². The molecular weight excluding hydrogens is 260 g/mol. The normalized spacial score (nSPS) is 19.9. The molecule has 112 valence electrons. The van der Waals surface area contributed by atoms with Crippen LogP contribution in [0.3, 0.4) is 0 Å². The Morgan fingerprint density at radius 1 is 0.800 bits per heavy atom. The smallest absolute Gasteiger partial charge is 0.232 e. The Labute approximate surface area is 118 Å². The van der Waals surface area contributed by atoms with Gasteiger partial charge in [-0.1, -0.05) is 0 Å². The fourth-order valence-electron chi connectivity index (χ4n) is 2.54. The lowest BCUT2D eigenvalue weighted by Crippen LogP contribution is -2.52. The van der Waals surface area contributed by atoms with Gasteiger partial charge in [0.1, 0.15) is 6.42 Å². The van der Waals surface area contributed by atoms with Crippen LogP contribution in [-0.2, 0) is 14.4 Å². The Hall–Kier alpha value is -1.63. The maximum absolute atomic E-state index is 12.1. The van der Waals surface area contributed by atoms with Gasteiger partial charge in [0, 0.05) is 59.3 Å². The van der Waals surface area contributed by atoms with Crippen LogP contribution in [0, 0.1) is 0 Å². The average Bonchev–Trinajstić information content (AvgIpc) is 2.48. The highest BCUT2D eigenvalue weighted by Gasteiger charge is 2.25. The summed E-state index contributed by atoms with van der Waals surface area (Å²) in [5.74, 6) is -0.184. The molecule has 7 nitrogen and oxygen atoms in total. The summed E-state index contributed by atoms with van der Waals surface area (Å²) in [4.78, 5) is 40.5. The number of piperazine rings is 2. The summed E-state index contributed by atoms with van der Waals surface area (Å²) >= 11 is 0. The maximum atomic E-state index is 12.1. The molecule has 2 aliphatic heterocycles. The van der Waals surface area contributed by atoms with E-state index in [4.69, 9.17) is 0 Å². The first-order valence-electron chi connectivity index (χ1n) is 7.09. The van der Waals surface area contributed by atoms with E-state index in [0.717, 1.165) is 13.1 Å². The van der Waals surface area contributed by atoms with E-state index in [0.29, 0.717) is 39.3 Å². The molecule has 2 aliphatic rings. The van der Waals surface area contributed by atoms with Gasteiger partial charge in [-0.3, -0.25) is 14.4 Å². The maximum Gasteiger partial charge on any atom is 0.232 e. The summed E-state index contributed by atoms with van der Waals surface area (Å²) in [5, 5.41) is 3.18. The SMILES string of the molecule is CC(=O)N1CCN(C(=O)CC(=O)N2CCNCC2)CC1. The molecule has 0 bridgehead atoms. The van der Waals surface area contributed by atoms with E-state index in [9.17, 15) is 14.4 Å². The molecule has 0 aromatic rings. The molecule has 2 saturated heterocycles. The number of hydrogen-bond donors (Lipinski definition) is 1. The number of amides is 3. The standard InChI is InChI=1S/C13H22N4O3/c1-11(18)15-6-8-17(9-7-15)13(20)10-12(19)16-4-2-14-3-5-16/h14H,2-10H2,1H3. The highest BCUT2D eigenvalue weighted by atomic mass is 16.2. The molecule has 2 rings (SSSR count). The van der Waals surface area contributed by atoms with Crippen LogP contribution >= 0.6 is 0 Å². The van der Waals surface area contributed by atoms with Gasteiger partial charge in [-0.25, -0.2) is 0 Å². The summed E-state index contributed by atoms with van der Waals surface area (Å²) < 4.78 is 0. The van der Waals surface area contributed by atoms with Crippen LogP contribution in [0.1, 0.15) is 13.3 Å². The largest absolute Gasteiger partial charge is 0.340 e. The molecule has 2 heterocycles. The second-order valence-electron chi connectivity index (χ2n) is 5.19. The van der Waals surface area contributed by atoms with Crippen molar-refractivity contribution in [3.63, 3.8) is 0 Å². The van der Waals surface area contributed by atoms with E-state index in [1.165, 1.54) is 6.92 Å². The first kappa shape index (κ1) is 14.8. The first-order valence-corrected chi connectivity index (χ1v) is 7.09. The minimum absolute atomic E-state index is 0.0361. The molecule has 0 aromatic heterocycles. The minimum atomic E-state index is -0.128. The second kappa shape index (κ2) is 6.69. The second-order valence-corrected chi connectivity index (χ2v) is 5.19. The lowest BCUT2D eigenvalue weighted by Gasteiger charge is -2.34. The van der Waals surface area contributed by atoms with E-state index in [2.05, 4.69) is 5.32 Å². The van der Waals surface area contributed by atoms with Crippen molar-refractivity contribution in [1.29, 1.82) is 0 Å². The molecule has 2 fully saturated rings. The van der Waals surface area contributed by atoms with Crippen LogP contribution in [0.25, 0.3) is 0 Å². The van der Waals surface area contributed by atoms with Crippen molar-refractivity contribution in [2.45, 2.75) is 13.3 Å². The minimum Gasteiger partial charge on any atom is -0.340 e. The fourth-order valence-corrected chi connectivity index (χ4v) is 2.54. The third kappa shape index (κ3) is 3.69.